The van der Waals surface area contributed by atoms with Crippen molar-refractivity contribution in [2.24, 2.45) is 5.92 Å². The molecule has 1 atom stereocenters. The quantitative estimate of drug-likeness (QED) is 0.315. The van der Waals surface area contributed by atoms with Crippen molar-refractivity contribution in [2.75, 3.05) is 23.7 Å². The molecule has 0 spiro atoms. The van der Waals surface area contributed by atoms with E-state index in [4.69, 9.17) is 23.2 Å². The molecule has 3 aromatic carbocycles. The third-order valence-electron chi connectivity index (χ3n) is 6.00. The van der Waals surface area contributed by atoms with E-state index in [1.54, 1.807) is 42.5 Å². The summed E-state index contributed by atoms with van der Waals surface area (Å²) in [6.45, 7) is 3.90. The zero-order chi connectivity index (χ0) is 28.6. The van der Waals surface area contributed by atoms with Gasteiger partial charge >= 0.3 is 0 Å². The lowest BCUT2D eigenvalue weighted by molar-refractivity contribution is -0.140. The number of rotatable bonds is 12. The fourth-order valence-corrected chi connectivity index (χ4v) is 5.42. The zero-order valence-electron chi connectivity index (χ0n) is 22.2. The minimum Gasteiger partial charge on any atom is -0.354 e. The number of nitrogens with zero attached hydrogens (tertiary/aromatic N) is 2. The molecule has 208 valence electrons. The summed E-state index contributed by atoms with van der Waals surface area (Å²) in [7, 11) is -3.90. The molecule has 0 heterocycles. The SMILES string of the molecule is CC(C)CNC(=O)C(Cc1ccccc1)N(Cc1cccc(Cl)c1)C(=O)CN(c1ccccc1Cl)S(C)(=O)=O. The summed E-state index contributed by atoms with van der Waals surface area (Å²) < 4.78 is 26.6. The fourth-order valence-electron chi connectivity index (χ4n) is 4.06. The van der Waals surface area contributed by atoms with Gasteiger partial charge in [0.05, 0.1) is 17.0 Å². The predicted octanol–water partition coefficient (Wildman–Crippen LogP) is 5.17. The molecule has 0 radical (unpaired) electrons. The van der Waals surface area contributed by atoms with Gasteiger partial charge in [-0.3, -0.25) is 13.9 Å². The maximum Gasteiger partial charge on any atom is 0.244 e. The van der Waals surface area contributed by atoms with Crippen LogP contribution in [0.15, 0.2) is 78.9 Å². The Labute approximate surface area is 240 Å². The van der Waals surface area contributed by atoms with Crippen molar-refractivity contribution in [3.05, 3.63) is 100 Å². The van der Waals surface area contributed by atoms with Gasteiger partial charge in [-0.15, -0.1) is 0 Å². The molecule has 2 amide bonds. The summed E-state index contributed by atoms with van der Waals surface area (Å²) in [5.41, 5.74) is 1.74. The van der Waals surface area contributed by atoms with Gasteiger partial charge in [0.1, 0.15) is 12.6 Å². The first-order valence-corrected chi connectivity index (χ1v) is 15.1. The van der Waals surface area contributed by atoms with E-state index >= 15 is 0 Å². The van der Waals surface area contributed by atoms with Gasteiger partial charge in [0, 0.05) is 24.5 Å². The third kappa shape index (κ3) is 8.98. The zero-order valence-corrected chi connectivity index (χ0v) is 24.5. The van der Waals surface area contributed by atoms with Crippen LogP contribution >= 0.6 is 23.2 Å². The first kappa shape index (κ1) is 30.5. The van der Waals surface area contributed by atoms with E-state index in [9.17, 15) is 18.0 Å². The first-order valence-electron chi connectivity index (χ1n) is 12.5. The van der Waals surface area contributed by atoms with E-state index in [2.05, 4.69) is 5.32 Å². The summed E-state index contributed by atoms with van der Waals surface area (Å²) in [4.78, 5) is 29.0. The van der Waals surface area contributed by atoms with Crippen molar-refractivity contribution in [1.29, 1.82) is 0 Å². The number of hydrogen-bond acceptors (Lipinski definition) is 4. The van der Waals surface area contributed by atoms with Crippen LogP contribution in [0.4, 0.5) is 5.69 Å². The molecule has 0 saturated heterocycles. The molecular formula is C29H33Cl2N3O4S. The van der Waals surface area contributed by atoms with E-state index in [1.807, 2.05) is 44.2 Å². The highest BCUT2D eigenvalue weighted by molar-refractivity contribution is 7.92. The van der Waals surface area contributed by atoms with Crippen LogP contribution in [0.25, 0.3) is 0 Å². The van der Waals surface area contributed by atoms with E-state index in [1.165, 1.54) is 11.0 Å². The molecule has 0 fully saturated rings. The van der Waals surface area contributed by atoms with Crippen molar-refractivity contribution >= 4 is 50.7 Å². The number of halogens is 2. The Morgan fingerprint density at radius 1 is 0.897 bits per heavy atom. The second-order valence-electron chi connectivity index (χ2n) is 9.72. The van der Waals surface area contributed by atoms with E-state index in [-0.39, 0.29) is 35.5 Å². The van der Waals surface area contributed by atoms with Gasteiger partial charge in [-0.2, -0.15) is 0 Å². The van der Waals surface area contributed by atoms with Gasteiger partial charge in [-0.05, 0) is 41.3 Å². The van der Waals surface area contributed by atoms with Crippen LogP contribution in [-0.4, -0.2) is 50.5 Å². The molecule has 10 heteroatoms. The Bertz CT molecular complexity index is 1380. The Balaban J connectivity index is 2.05. The third-order valence-corrected chi connectivity index (χ3v) is 7.68. The van der Waals surface area contributed by atoms with E-state index in [0.717, 1.165) is 16.1 Å². The highest BCUT2D eigenvalue weighted by atomic mass is 35.5. The Kier molecular flexibility index (Phi) is 10.8. The van der Waals surface area contributed by atoms with Crippen LogP contribution in [0.5, 0.6) is 0 Å². The van der Waals surface area contributed by atoms with E-state index < -0.39 is 28.5 Å². The first-order chi connectivity index (χ1) is 18.5. The summed E-state index contributed by atoms with van der Waals surface area (Å²) in [6.07, 6.45) is 1.25. The number of amides is 2. The molecule has 0 aromatic heterocycles. The molecule has 1 unspecified atom stereocenters. The number of anilines is 1. The molecule has 0 saturated carbocycles. The molecule has 0 aliphatic heterocycles. The highest BCUT2D eigenvalue weighted by Gasteiger charge is 2.33. The van der Waals surface area contributed by atoms with Gasteiger partial charge in [0.2, 0.25) is 21.8 Å². The molecule has 3 rings (SSSR count). The number of sulfonamides is 1. The lowest BCUT2D eigenvalue weighted by Gasteiger charge is -2.33. The molecule has 0 aliphatic carbocycles. The van der Waals surface area contributed by atoms with Crippen LogP contribution in [0.1, 0.15) is 25.0 Å². The van der Waals surface area contributed by atoms with Crippen molar-refractivity contribution < 1.29 is 18.0 Å². The van der Waals surface area contributed by atoms with Gasteiger partial charge in [-0.25, -0.2) is 8.42 Å². The average molecular weight is 591 g/mol. The largest absolute Gasteiger partial charge is 0.354 e. The molecule has 39 heavy (non-hydrogen) atoms. The smallest absolute Gasteiger partial charge is 0.244 e. The maximum atomic E-state index is 14.0. The normalized spacial score (nSPS) is 12.2. The summed E-state index contributed by atoms with van der Waals surface area (Å²) in [5.74, 6) is -0.683. The second kappa shape index (κ2) is 13.8. The summed E-state index contributed by atoms with van der Waals surface area (Å²) in [5, 5.41) is 3.62. The summed E-state index contributed by atoms with van der Waals surface area (Å²) in [6, 6.07) is 21.9. The number of carbonyl (C=O) groups excluding carboxylic acids is 2. The Hall–Kier alpha value is -3.07. The topological polar surface area (TPSA) is 86.8 Å². The van der Waals surface area contributed by atoms with Gasteiger partial charge in [0.25, 0.3) is 0 Å². The van der Waals surface area contributed by atoms with Crippen LogP contribution in [0, 0.1) is 5.92 Å². The van der Waals surface area contributed by atoms with Gasteiger partial charge in [-0.1, -0.05) is 91.6 Å². The van der Waals surface area contributed by atoms with Crippen molar-refractivity contribution in [2.45, 2.75) is 32.9 Å². The van der Waals surface area contributed by atoms with Crippen molar-refractivity contribution in [1.82, 2.24) is 10.2 Å². The maximum absolute atomic E-state index is 14.0. The highest BCUT2D eigenvalue weighted by Crippen LogP contribution is 2.28. The Morgan fingerprint density at radius 3 is 2.15 bits per heavy atom. The monoisotopic (exact) mass is 589 g/mol. The Morgan fingerprint density at radius 2 is 1.54 bits per heavy atom. The lowest BCUT2D eigenvalue weighted by Crippen LogP contribution is -2.53. The molecule has 7 nitrogen and oxygen atoms in total. The minimum absolute atomic E-state index is 0.0477. The predicted molar refractivity (Wildman–Crippen MR) is 157 cm³/mol. The number of para-hydroxylation sites is 1. The van der Waals surface area contributed by atoms with Gasteiger partial charge in [0.15, 0.2) is 0 Å². The van der Waals surface area contributed by atoms with Crippen LogP contribution < -0.4 is 9.62 Å². The second-order valence-corrected chi connectivity index (χ2v) is 12.5. The summed E-state index contributed by atoms with van der Waals surface area (Å²) >= 11 is 12.5. The lowest BCUT2D eigenvalue weighted by atomic mass is 10.0. The van der Waals surface area contributed by atoms with Crippen LogP contribution in [-0.2, 0) is 32.6 Å². The molecule has 1 N–H and O–H groups in total. The van der Waals surface area contributed by atoms with Crippen LogP contribution in [0.3, 0.4) is 0 Å². The minimum atomic E-state index is -3.90. The number of hydrogen-bond donors (Lipinski definition) is 1. The van der Waals surface area contributed by atoms with Crippen molar-refractivity contribution in [3.8, 4) is 0 Å². The average Bonchev–Trinajstić information content (AvgIpc) is 2.88. The molecule has 3 aromatic rings. The van der Waals surface area contributed by atoms with E-state index in [0.29, 0.717) is 17.1 Å². The standard InChI is InChI=1S/C29H33Cl2N3O4S/c1-21(2)18-32-29(36)27(17-22-10-5-4-6-11-22)33(19-23-12-9-13-24(30)16-23)28(35)20-34(39(3,37)38)26-15-8-7-14-25(26)31/h4-16,21,27H,17-20H2,1-3H3,(H,32,36). The number of nitrogens with one attached hydrogen (secondary N) is 1. The van der Waals surface area contributed by atoms with Crippen LogP contribution in [0.2, 0.25) is 10.0 Å². The number of carbonyl (C=O) groups is 2. The molecular weight excluding hydrogens is 557 g/mol. The fraction of sp³-hybridized carbons (Fsp3) is 0.310. The van der Waals surface area contributed by atoms with Crippen molar-refractivity contribution in [3.63, 3.8) is 0 Å². The van der Waals surface area contributed by atoms with Gasteiger partial charge < -0.3 is 10.2 Å². The molecule has 0 aliphatic rings. The number of benzene rings is 3. The molecule has 0 bridgehead atoms.